The molecule has 1 aromatic heterocycles. The van der Waals surface area contributed by atoms with Gasteiger partial charge in [-0.3, -0.25) is 0 Å². The Labute approximate surface area is 95.1 Å². The molecule has 0 unspecified atom stereocenters. The first kappa shape index (κ1) is 12.3. The zero-order chi connectivity index (χ0) is 11.3. The van der Waals surface area contributed by atoms with Crippen LogP contribution in [-0.2, 0) is 0 Å². The van der Waals surface area contributed by atoms with Crippen molar-refractivity contribution in [3.05, 3.63) is 16.9 Å². The Balaban J connectivity index is 2.78. The molecule has 4 N–H and O–H groups in total. The number of hydrogen-bond acceptors (Lipinski definition) is 6. The third kappa shape index (κ3) is 3.10. The molecule has 1 heterocycles. The van der Waals surface area contributed by atoms with Gasteiger partial charge in [0.25, 0.3) is 0 Å². The maximum atomic E-state index is 9.05. The van der Waals surface area contributed by atoms with Crippen molar-refractivity contribution in [3.63, 3.8) is 0 Å². The summed E-state index contributed by atoms with van der Waals surface area (Å²) < 4.78 is 0.718. The summed E-state index contributed by atoms with van der Waals surface area (Å²) in [6.45, 7) is -1.25. The van der Waals surface area contributed by atoms with Crippen LogP contribution in [0.15, 0.2) is 16.9 Å². The molecular formula is C8H12BrN3O3. The number of aliphatic hydroxyl groups excluding tert-OH is 3. The highest BCUT2D eigenvalue weighted by Gasteiger charge is 2.28. The van der Waals surface area contributed by atoms with Crippen molar-refractivity contribution in [1.29, 1.82) is 0 Å². The Bertz CT molecular complexity index is 294. The lowest BCUT2D eigenvalue weighted by Gasteiger charge is -2.28. The number of hydrogen-bond donors (Lipinski definition) is 4. The predicted molar refractivity (Wildman–Crippen MR) is 57.3 cm³/mol. The van der Waals surface area contributed by atoms with E-state index in [0.29, 0.717) is 0 Å². The van der Waals surface area contributed by atoms with Gasteiger partial charge < -0.3 is 20.6 Å². The van der Waals surface area contributed by atoms with Crippen molar-refractivity contribution >= 4 is 21.9 Å². The second-order valence-electron chi connectivity index (χ2n) is 3.10. The van der Waals surface area contributed by atoms with Crippen LogP contribution < -0.4 is 5.32 Å². The highest BCUT2D eigenvalue weighted by atomic mass is 79.9. The number of anilines is 1. The minimum atomic E-state index is -1.20. The van der Waals surface area contributed by atoms with Gasteiger partial charge in [0.2, 0.25) is 5.95 Å². The second kappa shape index (κ2) is 5.36. The summed E-state index contributed by atoms with van der Waals surface area (Å²) in [6.07, 6.45) is 3.04. The topological polar surface area (TPSA) is 98.5 Å². The van der Waals surface area contributed by atoms with Crippen molar-refractivity contribution < 1.29 is 15.3 Å². The molecule has 0 aliphatic rings. The fraction of sp³-hybridized carbons (Fsp3) is 0.500. The summed E-state index contributed by atoms with van der Waals surface area (Å²) in [5.41, 5.74) is -1.20. The maximum absolute atomic E-state index is 9.05. The first-order chi connectivity index (χ1) is 7.15. The molecule has 0 bridgehead atoms. The first-order valence-corrected chi connectivity index (χ1v) is 5.03. The molecular weight excluding hydrogens is 266 g/mol. The van der Waals surface area contributed by atoms with Gasteiger partial charge in [-0.1, -0.05) is 0 Å². The number of halogens is 1. The Morgan fingerprint density at radius 1 is 1.13 bits per heavy atom. The van der Waals surface area contributed by atoms with E-state index < -0.39 is 25.4 Å². The van der Waals surface area contributed by atoms with Crippen LogP contribution in [0.2, 0.25) is 0 Å². The molecule has 0 aliphatic heterocycles. The number of aromatic nitrogens is 2. The fourth-order valence-electron chi connectivity index (χ4n) is 0.883. The molecule has 0 atom stereocenters. The molecule has 0 fully saturated rings. The van der Waals surface area contributed by atoms with E-state index in [4.69, 9.17) is 15.3 Å². The summed E-state index contributed by atoms with van der Waals surface area (Å²) in [5.74, 6) is 0.232. The normalized spacial score (nSPS) is 11.5. The Morgan fingerprint density at radius 3 is 2.00 bits per heavy atom. The van der Waals surface area contributed by atoms with Gasteiger partial charge in [0.1, 0.15) is 5.54 Å². The highest BCUT2D eigenvalue weighted by Crippen LogP contribution is 2.12. The smallest absolute Gasteiger partial charge is 0.223 e. The Morgan fingerprint density at radius 2 is 1.60 bits per heavy atom. The molecule has 6 nitrogen and oxygen atoms in total. The minimum Gasteiger partial charge on any atom is -0.394 e. The summed E-state index contributed by atoms with van der Waals surface area (Å²) in [7, 11) is 0. The van der Waals surface area contributed by atoms with E-state index in [1.165, 1.54) is 12.4 Å². The lowest BCUT2D eigenvalue weighted by Crippen LogP contribution is -2.49. The van der Waals surface area contributed by atoms with E-state index in [2.05, 4.69) is 31.2 Å². The van der Waals surface area contributed by atoms with Crippen LogP contribution in [0.4, 0.5) is 5.95 Å². The summed E-state index contributed by atoms with van der Waals surface area (Å²) >= 11 is 3.18. The van der Waals surface area contributed by atoms with Crippen LogP contribution in [0.25, 0.3) is 0 Å². The van der Waals surface area contributed by atoms with Crippen LogP contribution in [-0.4, -0.2) is 50.6 Å². The Kier molecular flexibility index (Phi) is 4.40. The molecule has 1 aromatic rings. The Hall–Kier alpha value is -0.760. The van der Waals surface area contributed by atoms with E-state index in [9.17, 15) is 0 Å². The molecule has 15 heavy (non-hydrogen) atoms. The molecule has 0 radical (unpaired) electrons. The number of nitrogens with zero attached hydrogens (tertiary/aromatic N) is 2. The van der Waals surface area contributed by atoms with Gasteiger partial charge >= 0.3 is 0 Å². The fourth-order valence-corrected chi connectivity index (χ4v) is 1.09. The van der Waals surface area contributed by atoms with E-state index in [1.54, 1.807) is 0 Å². The van der Waals surface area contributed by atoms with Gasteiger partial charge in [-0.2, -0.15) is 0 Å². The SMILES string of the molecule is OCC(CO)(CO)Nc1ncc(Br)cn1. The lowest BCUT2D eigenvalue weighted by atomic mass is 10.0. The molecule has 0 amide bonds. The monoisotopic (exact) mass is 277 g/mol. The predicted octanol–water partition coefficient (Wildman–Crippen LogP) is -0.633. The van der Waals surface area contributed by atoms with Crippen molar-refractivity contribution in [2.24, 2.45) is 0 Å². The van der Waals surface area contributed by atoms with Crippen LogP contribution in [0.3, 0.4) is 0 Å². The van der Waals surface area contributed by atoms with Crippen LogP contribution in [0, 0.1) is 0 Å². The van der Waals surface area contributed by atoms with E-state index in [-0.39, 0.29) is 5.95 Å². The van der Waals surface area contributed by atoms with Crippen LogP contribution in [0.1, 0.15) is 0 Å². The van der Waals surface area contributed by atoms with Crippen molar-refractivity contribution in [2.75, 3.05) is 25.1 Å². The zero-order valence-corrected chi connectivity index (χ0v) is 9.48. The average Bonchev–Trinajstić information content (AvgIpc) is 2.29. The van der Waals surface area contributed by atoms with Gasteiger partial charge in [0, 0.05) is 12.4 Å². The largest absolute Gasteiger partial charge is 0.394 e. The molecule has 0 saturated heterocycles. The van der Waals surface area contributed by atoms with Gasteiger partial charge in [0.05, 0.1) is 24.3 Å². The third-order valence-electron chi connectivity index (χ3n) is 1.91. The van der Waals surface area contributed by atoms with Gasteiger partial charge in [-0.15, -0.1) is 0 Å². The number of rotatable bonds is 5. The van der Waals surface area contributed by atoms with Gasteiger partial charge in [-0.25, -0.2) is 9.97 Å². The summed E-state index contributed by atoms with van der Waals surface area (Å²) in [6, 6.07) is 0. The zero-order valence-electron chi connectivity index (χ0n) is 7.89. The number of nitrogens with one attached hydrogen (secondary N) is 1. The van der Waals surface area contributed by atoms with Crippen LogP contribution in [0.5, 0.6) is 0 Å². The molecule has 0 saturated carbocycles. The maximum Gasteiger partial charge on any atom is 0.223 e. The summed E-state index contributed by atoms with van der Waals surface area (Å²) in [5, 5.41) is 29.8. The molecule has 7 heteroatoms. The van der Waals surface area contributed by atoms with Gasteiger partial charge in [0.15, 0.2) is 0 Å². The number of aliphatic hydroxyl groups is 3. The second-order valence-corrected chi connectivity index (χ2v) is 4.02. The van der Waals surface area contributed by atoms with E-state index in [0.717, 1.165) is 4.47 Å². The lowest BCUT2D eigenvalue weighted by molar-refractivity contribution is 0.0828. The third-order valence-corrected chi connectivity index (χ3v) is 2.31. The van der Waals surface area contributed by atoms with Gasteiger partial charge in [-0.05, 0) is 15.9 Å². The van der Waals surface area contributed by atoms with Crippen molar-refractivity contribution in [3.8, 4) is 0 Å². The molecule has 0 spiro atoms. The summed E-state index contributed by atoms with van der Waals surface area (Å²) in [4.78, 5) is 7.81. The average molecular weight is 278 g/mol. The quantitative estimate of drug-likeness (QED) is 0.572. The molecule has 84 valence electrons. The van der Waals surface area contributed by atoms with Crippen LogP contribution >= 0.6 is 15.9 Å². The highest BCUT2D eigenvalue weighted by molar-refractivity contribution is 9.10. The first-order valence-electron chi connectivity index (χ1n) is 4.24. The van der Waals surface area contributed by atoms with Crippen molar-refractivity contribution in [1.82, 2.24) is 9.97 Å². The van der Waals surface area contributed by atoms with Crippen molar-refractivity contribution in [2.45, 2.75) is 5.54 Å². The van der Waals surface area contributed by atoms with E-state index in [1.807, 2.05) is 0 Å². The van der Waals surface area contributed by atoms with E-state index >= 15 is 0 Å². The molecule has 0 aliphatic carbocycles. The minimum absolute atomic E-state index is 0.232. The molecule has 1 rings (SSSR count). The standard InChI is InChI=1S/C8H12BrN3O3/c9-6-1-10-7(11-2-6)12-8(3-13,4-14)5-15/h1-2,13-15H,3-5H2,(H,10,11,12). The molecule has 0 aromatic carbocycles.